The molecule has 0 aliphatic heterocycles. The van der Waals surface area contributed by atoms with Crippen LogP contribution in [0.3, 0.4) is 0 Å². The molecule has 0 saturated heterocycles. The number of anilines is 1. The zero-order valence-corrected chi connectivity index (χ0v) is 13.2. The topological polar surface area (TPSA) is 68.5 Å². The first kappa shape index (κ1) is 14.3. The fourth-order valence-electron chi connectivity index (χ4n) is 2.85. The van der Waals surface area contributed by atoms with Gasteiger partial charge in [-0.05, 0) is 30.5 Å². The first-order valence-corrected chi connectivity index (χ1v) is 7.67. The molecule has 0 unspecified atom stereocenters. The highest BCUT2D eigenvalue weighted by Gasteiger charge is 2.45. The molecular formula is C15H14ClFN6. The molecular weight excluding hydrogens is 319 g/mol. The minimum absolute atomic E-state index is 0.0791. The first-order chi connectivity index (χ1) is 11.1. The number of rotatable bonds is 4. The Hall–Kier alpha value is -2.28. The monoisotopic (exact) mass is 332 g/mol. The van der Waals surface area contributed by atoms with E-state index in [1.807, 2.05) is 0 Å². The van der Waals surface area contributed by atoms with Crippen molar-refractivity contribution in [3.05, 3.63) is 40.9 Å². The van der Waals surface area contributed by atoms with Gasteiger partial charge in [-0.1, -0.05) is 22.9 Å². The highest BCUT2D eigenvalue weighted by molar-refractivity contribution is 6.31. The molecule has 3 aromatic rings. The molecule has 1 fully saturated rings. The number of fused-ring (bicyclic) bond motifs is 1. The van der Waals surface area contributed by atoms with E-state index in [-0.39, 0.29) is 11.2 Å². The summed E-state index contributed by atoms with van der Waals surface area (Å²) in [6, 6.07) is 4.58. The Morgan fingerprint density at radius 1 is 1.35 bits per heavy atom. The zero-order chi connectivity index (χ0) is 16.0. The molecule has 2 aromatic heterocycles. The van der Waals surface area contributed by atoms with Crippen LogP contribution in [0.5, 0.6) is 0 Å². The van der Waals surface area contributed by atoms with E-state index in [1.165, 1.54) is 18.5 Å². The van der Waals surface area contributed by atoms with Crippen LogP contribution >= 0.6 is 11.6 Å². The Labute approximate surface area is 136 Å². The third-order valence-electron chi connectivity index (χ3n) is 4.34. The summed E-state index contributed by atoms with van der Waals surface area (Å²) in [6.07, 6.45) is 3.48. The number of benzene rings is 1. The van der Waals surface area contributed by atoms with Crippen molar-refractivity contribution in [2.45, 2.75) is 18.3 Å². The van der Waals surface area contributed by atoms with Gasteiger partial charge in [0.2, 0.25) is 0 Å². The molecule has 4 rings (SSSR count). The molecule has 1 aliphatic carbocycles. The van der Waals surface area contributed by atoms with Crippen molar-refractivity contribution >= 4 is 28.6 Å². The number of aryl methyl sites for hydroxylation is 1. The Kier molecular flexibility index (Phi) is 3.19. The molecule has 1 N–H and O–H groups in total. The summed E-state index contributed by atoms with van der Waals surface area (Å²) in [4.78, 5) is 8.42. The predicted octanol–water partition coefficient (Wildman–Crippen LogP) is 2.69. The second kappa shape index (κ2) is 5.13. The Morgan fingerprint density at radius 2 is 2.17 bits per heavy atom. The van der Waals surface area contributed by atoms with Gasteiger partial charge in [0, 0.05) is 24.0 Å². The van der Waals surface area contributed by atoms with Crippen LogP contribution < -0.4 is 5.32 Å². The van der Waals surface area contributed by atoms with Gasteiger partial charge in [-0.15, -0.1) is 5.10 Å². The van der Waals surface area contributed by atoms with Gasteiger partial charge in [0.05, 0.1) is 0 Å². The lowest BCUT2D eigenvalue weighted by atomic mass is 9.95. The maximum Gasteiger partial charge on any atom is 0.183 e. The highest BCUT2D eigenvalue weighted by atomic mass is 35.5. The number of nitrogens with zero attached hydrogens (tertiary/aromatic N) is 5. The fraction of sp³-hybridized carbons (Fsp3) is 0.333. The van der Waals surface area contributed by atoms with Crippen molar-refractivity contribution in [3.8, 4) is 0 Å². The molecule has 2 heterocycles. The molecule has 1 aliphatic rings. The molecule has 0 amide bonds. The molecule has 1 aromatic carbocycles. The summed E-state index contributed by atoms with van der Waals surface area (Å²) in [5.41, 5.74) is 2.20. The van der Waals surface area contributed by atoms with Gasteiger partial charge in [0.1, 0.15) is 12.1 Å². The average Bonchev–Trinajstić information content (AvgIpc) is 3.22. The minimum atomic E-state index is -0.320. The van der Waals surface area contributed by atoms with Crippen LogP contribution in [-0.4, -0.2) is 31.5 Å². The molecule has 8 heteroatoms. The van der Waals surface area contributed by atoms with Crippen molar-refractivity contribution in [2.75, 3.05) is 11.9 Å². The third-order valence-corrected chi connectivity index (χ3v) is 4.65. The summed E-state index contributed by atoms with van der Waals surface area (Å²) in [5.74, 6) is 0.326. The molecule has 0 spiro atoms. The number of halogens is 2. The number of hydrogen-bond donors (Lipinski definition) is 1. The number of nitrogens with one attached hydrogen (secondary N) is 1. The normalized spacial score (nSPS) is 15.8. The van der Waals surface area contributed by atoms with Crippen molar-refractivity contribution < 1.29 is 4.39 Å². The van der Waals surface area contributed by atoms with Crippen LogP contribution in [0.2, 0.25) is 5.02 Å². The van der Waals surface area contributed by atoms with Crippen LogP contribution in [0.25, 0.3) is 11.2 Å². The van der Waals surface area contributed by atoms with Gasteiger partial charge in [-0.2, -0.15) is 0 Å². The largest absolute Gasteiger partial charge is 0.367 e. The lowest BCUT2D eigenvalue weighted by Gasteiger charge is -2.18. The van der Waals surface area contributed by atoms with E-state index >= 15 is 0 Å². The Balaban J connectivity index is 1.60. The van der Waals surface area contributed by atoms with E-state index in [9.17, 15) is 4.39 Å². The third kappa shape index (κ3) is 2.41. The van der Waals surface area contributed by atoms with Crippen molar-refractivity contribution in [2.24, 2.45) is 7.05 Å². The minimum Gasteiger partial charge on any atom is -0.367 e. The SMILES string of the molecule is Cn1nnc2c(NCC3(c4ccc(F)cc4Cl)CC3)ncnc21. The lowest BCUT2D eigenvalue weighted by molar-refractivity contribution is 0.624. The standard InChI is InChI=1S/C15H14ClFN6/c1-23-14-12(21-22-23)13(19-8-20-14)18-7-15(4-5-15)10-3-2-9(17)6-11(10)16/h2-3,6,8H,4-5,7H2,1H3,(H,18,19,20). The van der Waals surface area contributed by atoms with Gasteiger partial charge in [-0.3, -0.25) is 0 Å². The summed E-state index contributed by atoms with van der Waals surface area (Å²) in [5, 5.41) is 11.8. The van der Waals surface area contributed by atoms with Gasteiger partial charge in [-0.25, -0.2) is 19.0 Å². The summed E-state index contributed by atoms with van der Waals surface area (Å²) >= 11 is 6.22. The highest BCUT2D eigenvalue weighted by Crippen LogP contribution is 2.50. The van der Waals surface area contributed by atoms with Gasteiger partial charge < -0.3 is 5.32 Å². The number of aromatic nitrogens is 5. The van der Waals surface area contributed by atoms with E-state index in [0.717, 1.165) is 18.4 Å². The lowest BCUT2D eigenvalue weighted by Crippen LogP contribution is -2.21. The van der Waals surface area contributed by atoms with E-state index in [0.29, 0.717) is 28.5 Å². The summed E-state index contributed by atoms with van der Waals surface area (Å²) in [7, 11) is 1.78. The van der Waals surface area contributed by atoms with Crippen LogP contribution in [-0.2, 0) is 12.5 Å². The van der Waals surface area contributed by atoms with Gasteiger partial charge in [0.15, 0.2) is 17.0 Å². The van der Waals surface area contributed by atoms with Gasteiger partial charge in [0.25, 0.3) is 0 Å². The number of hydrogen-bond acceptors (Lipinski definition) is 5. The maximum absolute atomic E-state index is 13.2. The van der Waals surface area contributed by atoms with E-state index < -0.39 is 0 Å². The zero-order valence-electron chi connectivity index (χ0n) is 12.4. The Bertz CT molecular complexity index is 889. The van der Waals surface area contributed by atoms with E-state index in [1.54, 1.807) is 17.8 Å². The molecule has 0 bridgehead atoms. The van der Waals surface area contributed by atoms with Crippen molar-refractivity contribution in [1.82, 2.24) is 25.0 Å². The van der Waals surface area contributed by atoms with Crippen LogP contribution in [0.1, 0.15) is 18.4 Å². The average molecular weight is 333 g/mol. The van der Waals surface area contributed by atoms with Crippen LogP contribution in [0.4, 0.5) is 10.2 Å². The van der Waals surface area contributed by atoms with Gasteiger partial charge >= 0.3 is 0 Å². The van der Waals surface area contributed by atoms with Crippen molar-refractivity contribution in [1.29, 1.82) is 0 Å². The van der Waals surface area contributed by atoms with Crippen molar-refractivity contribution in [3.63, 3.8) is 0 Å². The molecule has 0 atom stereocenters. The maximum atomic E-state index is 13.2. The fourth-order valence-corrected chi connectivity index (χ4v) is 3.21. The van der Waals surface area contributed by atoms with E-state index in [2.05, 4.69) is 25.6 Å². The molecule has 6 nitrogen and oxygen atoms in total. The molecule has 1 saturated carbocycles. The second-order valence-corrected chi connectivity index (χ2v) is 6.27. The molecule has 23 heavy (non-hydrogen) atoms. The van der Waals surface area contributed by atoms with Crippen LogP contribution in [0.15, 0.2) is 24.5 Å². The molecule has 118 valence electrons. The molecule has 0 radical (unpaired) electrons. The van der Waals surface area contributed by atoms with E-state index in [4.69, 9.17) is 11.6 Å². The second-order valence-electron chi connectivity index (χ2n) is 5.87. The summed E-state index contributed by atoms with van der Waals surface area (Å²) in [6.45, 7) is 0.654. The predicted molar refractivity (Wildman–Crippen MR) is 84.9 cm³/mol. The quantitative estimate of drug-likeness (QED) is 0.795. The Morgan fingerprint density at radius 3 is 2.91 bits per heavy atom. The smallest absolute Gasteiger partial charge is 0.183 e. The van der Waals surface area contributed by atoms with Crippen LogP contribution in [0, 0.1) is 5.82 Å². The first-order valence-electron chi connectivity index (χ1n) is 7.29. The summed E-state index contributed by atoms with van der Waals surface area (Å²) < 4.78 is 14.9.